The number of nitrogens with zero attached hydrogens (tertiary/aromatic N) is 2. The Kier molecular flexibility index (Phi) is 2.59. The fraction of sp³-hybridized carbons (Fsp3) is 0.357. The van der Waals surface area contributed by atoms with Crippen LogP contribution in [0.3, 0.4) is 0 Å². The van der Waals surface area contributed by atoms with E-state index in [2.05, 4.69) is 24.2 Å². The molecule has 0 fully saturated rings. The standard InChI is InChI=1S/C14H17N3O/c1-9-3-4-13-11(5-9)12(15)6-14(18-13)10-7-16-17(2)8-10/h3-5,7-8,12,14H,6,15H2,1-2H3/t12-,14?/m1/s1. The summed E-state index contributed by atoms with van der Waals surface area (Å²) in [5, 5.41) is 4.18. The molecule has 0 saturated heterocycles. The van der Waals surface area contributed by atoms with Crippen molar-refractivity contribution in [2.75, 3.05) is 0 Å². The molecule has 4 nitrogen and oxygen atoms in total. The maximum Gasteiger partial charge on any atom is 0.129 e. The topological polar surface area (TPSA) is 53.1 Å². The van der Waals surface area contributed by atoms with Crippen molar-refractivity contribution < 1.29 is 4.74 Å². The van der Waals surface area contributed by atoms with Gasteiger partial charge in [-0.1, -0.05) is 17.7 Å². The Morgan fingerprint density at radius 1 is 1.44 bits per heavy atom. The highest BCUT2D eigenvalue weighted by atomic mass is 16.5. The van der Waals surface area contributed by atoms with Crippen LogP contribution in [0, 0.1) is 6.92 Å². The van der Waals surface area contributed by atoms with E-state index in [0.717, 1.165) is 23.3 Å². The van der Waals surface area contributed by atoms with Gasteiger partial charge in [-0.25, -0.2) is 0 Å². The predicted molar refractivity (Wildman–Crippen MR) is 69.3 cm³/mol. The molecule has 2 heterocycles. The second kappa shape index (κ2) is 4.14. The van der Waals surface area contributed by atoms with Gasteiger partial charge in [0.2, 0.25) is 0 Å². The molecule has 1 aliphatic heterocycles. The summed E-state index contributed by atoms with van der Waals surface area (Å²) in [6, 6.07) is 6.20. The second-order valence-corrected chi connectivity index (χ2v) is 4.94. The normalized spacial score (nSPS) is 22.4. The van der Waals surface area contributed by atoms with Gasteiger partial charge in [0.25, 0.3) is 0 Å². The monoisotopic (exact) mass is 243 g/mol. The molecule has 0 bridgehead atoms. The fourth-order valence-electron chi connectivity index (χ4n) is 2.43. The van der Waals surface area contributed by atoms with Crippen molar-refractivity contribution in [3.8, 4) is 5.75 Å². The van der Waals surface area contributed by atoms with Crippen molar-refractivity contribution in [3.63, 3.8) is 0 Å². The molecule has 94 valence electrons. The molecule has 1 unspecified atom stereocenters. The first kappa shape index (κ1) is 11.3. The van der Waals surface area contributed by atoms with Crippen LogP contribution in [-0.2, 0) is 7.05 Å². The van der Waals surface area contributed by atoms with Gasteiger partial charge in [-0.15, -0.1) is 0 Å². The third kappa shape index (κ3) is 1.88. The zero-order valence-electron chi connectivity index (χ0n) is 10.6. The lowest BCUT2D eigenvalue weighted by Gasteiger charge is -2.30. The van der Waals surface area contributed by atoms with Crippen molar-refractivity contribution in [2.24, 2.45) is 12.8 Å². The number of ether oxygens (including phenoxy) is 1. The molecule has 0 spiro atoms. The Labute approximate surface area is 106 Å². The minimum atomic E-state index is 0.00362. The van der Waals surface area contributed by atoms with Crippen molar-refractivity contribution >= 4 is 0 Å². The second-order valence-electron chi connectivity index (χ2n) is 4.94. The smallest absolute Gasteiger partial charge is 0.129 e. The SMILES string of the molecule is Cc1ccc2c(c1)[C@H](N)CC(c1cnn(C)c1)O2. The van der Waals surface area contributed by atoms with E-state index in [1.54, 1.807) is 4.68 Å². The highest BCUT2D eigenvalue weighted by molar-refractivity contribution is 5.41. The van der Waals surface area contributed by atoms with Gasteiger partial charge >= 0.3 is 0 Å². The van der Waals surface area contributed by atoms with Crippen LogP contribution in [0.5, 0.6) is 5.75 Å². The average molecular weight is 243 g/mol. The van der Waals surface area contributed by atoms with Gasteiger partial charge in [0, 0.05) is 36.8 Å². The number of aromatic nitrogens is 2. The van der Waals surface area contributed by atoms with E-state index in [0.29, 0.717) is 0 Å². The summed E-state index contributed by atoms with van der Waals surface area (Å²) >= 11 is 0. The molecule has 2 N–H and O–H groups in total. The van der Waals surface area contributed by atoms with Crippen LogP contribution in [0.1, 0.15) is 35.3 Å². The Morgan fingerprint density at radius 2 is 2.28 bits per heavy atom. The Balaban J connectivity index is 1.94. The molecule has 18 heavy (non-hydrogen) atoms. The number of nitrogens with two attached hydrogens (primary N) is 1. The largest absolute Gasteiger partial charge is 0.485 e. The number of benzene rings is 1. The Morgan fingerprint density at radius 3 is 3.00 bits per heavy atom. The Bertz CT molecular complexity index is 576. The van der Waals surface area contributed by atoms with Crippen molar-refractivity contribution in [3.05, 3.63) is 47.3 Å². The highest BCUT2D eigenvalue weighted by Crippen LogP contribution is 2.39. The van der Waals surface area contributed by atoms with Crippen LogP contribution >= 0.6 is 0 Å². The highest BCUT2D eigenvalue weighted by Gasteiger charge is 2.27. The van der Waals surface area contributed by atoms with E-state index >= 15 is 0 Å². The summed E-state index contributed by atoms with van der Waals surface area (Å²) in [5.41, 5.74) is 9.65. The van der Waals surface area contributed by atoms with E-state index in [1.807, 2.05) is 25.5 Å². The number of aryl methyl sites for hydroxylation is 2. The molecule has 4 heteroatoms. The van der Waals surface area contributed by atoms with Crippen LogP contribution in [0.15, 0.2) is 30.6 Å². The molecule has 2 aromatic rings. The molecular weight excluding hydrogens is 226 g/mol. The number of hydrogen-bond donors (Lipinski definition) is 1. The first-order valence-corrected chi connectivity index (χ1v) is 6.15. The minimum Gasteiger partial charge on any atom is -0.485 e. The van der Waals surface area contributed by atoms with Gasteiger partial charge in [-0.3, -0.25) is 4.68 Å². The summed E-state index contributed by atoms with van der Waals surface area (Å²) in [6.45, 7) is 2.07. The summed E-state index contributed by atoms with van der Waals surface area (Å²) in [5.74, 6) is 0.896. The van der Waals surface area contributed by atoms with Gasteiger partial charge in [-0.05, 0) is 13.0 Å². The lowest BCUT2D eigenvalue weighted by Crippen LogP contribution is -2.24. The predicted octanol–water partition coefficient (Wildman–Crippen LogP) is 2.25. The first-order chi connectivity index (χ1) is 8.63. The van der Waals surface area contributed by atoms with Gasteiger partial charge < -0.3 is 10.5 Å². The molecule has 1 aromatic heterocycles. The maximum atomic E-state index is 6.24. The third-order valence-electron chi connectivity index (χ3n) is 3.40. The van der Waals surface area contributed by atoms with Crippen LogP contribution in [0.25, 0.3) is 0 Å². The Hall–Kier alpha value is -1.81. The van der Waals surface area contributed by atoms with E-state index < -0.39 is 0 Å². The van der Waals surface area contributed by atoms with Crippen LogP contribution in [-0.4, -0.2) is 9.78 Å². The summed E-state index contributed by atoms with van der Waals surface area (Å²) < 4.78 is 7.81. The summed E-state index contributed by atoms with van der Waals surface area (Å²) in [4.78, 5) is 0. The van der Waals surface area contributed by atoms with Gasteiger partial charge in [0.1, 0.15) is 11.9 Å². The van der Waals surface area contributed by atoms with Gasteiger partial charge in [0.15, 0.2) is 0 Å². The molecular formula is C14H17N3O. The molecule has 2 atom stereocenters. The molecule has 0 saturated carbocycles. The average Bonchev–Trinajstić information content (AvgIpc) is 2.77. The lowest BCUT2D eigenvalue weighted by molar-refractivity contribution is 0.161. The quantitative estimate of drug-likeness (QED) is 0.835. The van der Waals surface area contributed by atoms with E-state index in [1.165, 1.54) is 5.56 Å². The molecule has 1 aromatic carbocycles. The number of hydrogen-bond acceptors (Lipinski definition) is 3. The van der Waals surface area contributed by atoms with Crippen molar-refractivity contribution in [1.29, 1.82) is 0 Å². The summed E-state index contributed by atoms with van der Waals surface area (Å²) in [6.07, 6.45) is 4.62. The first-order valence-electron chi connectivity index (χ1n) is 6.15. The van der Waals surface area contributed by atoms with Crippen molar-refractivity contribution in [1.82, 2.24) is 9.78 Å². The van der Waals surface area contributed by atoms with Gasteiger partial charge in [0.05, 0.1) is 6.20 Å². The van der Waals surface area contributed by atoms with Gasteiger partial charge in [-0.2, -0.15) is 5.10 Å². The van der Waals surface area contributed by atoms with Crippen LogP contribution in [0.4, 0.5) is 0 Å². The van der Waals surface area contributed by atoms with Crippen LogP contribution in [0.2, 0.25) is 0 Å². The molecule has 0 amide bonds. The molecule has 0 radical (unpaired) electrons. The minimum absolute atomic E-state index is 0.00362. The molecule has 3 rings (SSSR count). The summed E-state index contributed by atoms with van der Waals surface area (Å²) in [7, 11) is 1.91. The fourth-order valence-corrected chi connectivity index (χ4v) is 2.43. The molecule has 1 aliphatic rings. The van der Waals surface area contributed by atoms with Crippen molar-refractivity contribution in [2.45, 2.75) is 25.5 Å². The lowest BCUT2D eigenvalue weighted by atomic mass is 9.94. The van der Waals surface area contributed by atoms with Crippen LogP contribution < -0.4 is 10.5 Å². The number of rotatable bonds is 1. The maximum absolute atomic E-state index is 6.24. The third-order valence-corrected chi connectivity index (χ3v) is 3.40. The van der Waals surface area contributed by atoms with E-state index in [9.17, 15) is 0 Å². The zero-order valence-corrected chi connectivity index (χ0v) is 10.6. The van der Waals surface area contributed by atoms with E-state index in [4.69, 9.17) is 10.5 Å². The number of fused-ring (bicyclic) bond motifs is 1. The van der Waals surface area contributed by atoms with E-state index in [-0.39, 0.29) is 12.1 Å². The zero-order chi connectivity index (χ0) is 12.7. The molecule has 0 aliphatic carbocycles.